The van der Waals surface area contributed by atoms with Crippen molar-refractivity contribution in [2.45, 2.75) is 6.42 Å². The van der Waals surface area contributed by atoms with E-state index in [1.54, 1.807) is 0 Å². The third-order valence-electron chi connectivity index (χ3n) is 3.53. The fourth-order valence-electron chi connectivity index (χ4n) is 2.27. The highest BCUT2D eigenvalue weighted by molar-refractivity contribution is 5.84. The fraction of sp³-hybridized carbons (Fsp3) is 0.818. The summed E-state index contributed by atoms with van der Waals surface area (Å²) in [5, 5.41) is 1.18. The van der Waals surface area contributed by atoms with Crippen LogP contribution in [0.4, 0.5) is 4.79 Å². The monoisotopic (exact) mass is 255 g/mol. The van der Waals surface area contributed by atoms with Crippen LogP contribution < -0.4 is 5.84 Å². The predicted octanol–water partition coefficient (Wildman–Crippen LogP) is -1.24. The van der Waals surface area contributed by atoms with Crippen molar-refractivity contribution in [2.24, 2.45) is 5.84 Å². The van der Waals surface area contributed by atoms with Gasteiger partial charge in [-0.25, -0.2) is 10.6 Å². The topological polar surface area (TPSA) is 73.1 Å². The van der Waals surface area contributed by atoms with Gasteiger partial charge in [-0.3, -0.25) is 9.80 Å². The lowest BCUT2D eigenvalue weighted by atomic mass is 10.3. The Hall–Kier alpha value is -1.34. The molecule has 3 amide bonds. The van der Waals surface area contributed by atoms with Gasteiger partial charge in [-0.1, -0.05) is 0 Å². The van der Waals surface area contributed by atoms with E-state index in [2.05, 4.69) is 4.90 Å². The van der Waals surface area contributed by atoms with Crippen molar-refractivity contribution in [1.82, 2.24) is 19.7 Å². The number of hydrogen-bond donors (Lipinski definition) is 1. The number of amides is 3. The molecule has 18 heavy (non-hydrogen) atoms. The first-order valence-corrected chi connectivity index (χ1v) is 6.35. The number of piperazine rings is 1. The second kappa shape index (κ2) is 5.53. The van der Waals surface area contributed by atoms with E-state index in [4.69, 9.17) is 5.84 Å². The third kappa shape index (κ3) is 2.91. The summed E-state index contributed by atoms with van der Waals surface area (Å²) >= 11 is 0. The van der Waals surface area contributed by atoms with Crippen molar-refractivity contribution < 1.29 is 9.59 Å². The first-order valence-electron chi connectivity index (χ1n) is 6.35. The summed E-state index contributed by atoms with van der Waals surface area (Å²) in [5.74, 6) is 5.57. The molecule has 7 heteroatoms. The lowest BCUT2D eigenvalue weighted by Crippen LogP contribution is -2.56. The molecule has 2 rings (SSSR count). The van der Waals surface area contributed by atoms with Gasteiger partial charge in [-0.05, 0) is 13.5 Å². The van der Waals surface area contributed by atoms with Crippen molar-refractivity contribution in [3.8, 4) is 0 Å². The van der Waals surface area contributed by atoms with Gasteiger partial charge in [0.25, 0.3) is 0 Å². The number of carbonyl (C=O) groups is 2. The van der Waals surface area contributed by atoms with E-state index in [0.717, 1.165) is 32.6 Å². The second-order valence-electron chi connectivity index (χ2n) is 4.94. The summed E-state index contributed by atoms with van der Waals surface area (Å²) in [7, 11) is 2.04. The Kier molecular flexibility index (Phi) is 4.03. The number of nitrogens with two attached hydrogens (primary N) is 1. The minimum atomic E-state index is -0.247. The second-order valence-corrected chi connectivity index (χ2v) is 4.94. The molecular weight excluding hydrogens is 234 g/mol. The normalized spacial score (nSPS) is 22.6. The van der Waals surface area contributed by atoms with Crippen molar-refractivity contribution in [3.63, 3.8) is 0 Å². The summed E-state index contributed by atoms with van der Waals surface area (Å²) in [6.07, 6.45) is 0.818. The first-order chi connectivity index (χ1) is 8.58. The van der Waals surface area contributed by atoms with Crippen LogP contribution in [-0.2, 0) is 4.79 Å². The maximum Gasteiger partial charge on any atom is 0.334 e. The van der Waals surface area contributed by atoms with Crippen LogP contribution in [-0.4, -0.2) is 84.5 Å². The highest BCUT2D eigenvalue weighted by atomic mass is 16.2. The van der Waals surface area contributed by atoms with E-state index in [1.165, 1.54) is 9.91 Å². The average molecular weight is 255 g/mol. The molecule has 7 nitrogen and oxygen atoms in total. The average Bonchev–Trinajstić information content (AvgIpc) is 2.36. The van der Waals surface area contributed by atoms with Crippen molar-refractivity contribution in [3.05, 3.63) is 0 Å². The van der Waals surface area contributed by atoms with Crippen LogP contribution in [0.15, 0.2) is 0 Å². The number of rotatable bonds is 2. The molecule has 0 aromatic rings. The molecule has 0 atom stereocenters. The summed E-state index contributed by atoms with van der Waals surface area (Å²) in [4.78, 5) is 29.4. The molecule has 0 bridgehead atoms. The standard InChI is InChI=1S/C11H21N5O2/c1-13-5-7-14(8-6-13)10(17)9-15-3-2-4-16(12)11(15)18/h2-9,12H2,1H3. The lowest BCUT2D eigenvalue weighted by molar-refractivity contribution is -0.133. The molecule has 2 heterocycles. The first kappa shape index (κ1) is 13.1. The molecule has 2 saturated heterocycles. The molecule has 0 unspecified atom stereocenters. The van der Waals surface area contributed by atoms with E-state index >= 15 is 0 Å². The Bertz CT molecular complexity index is 327. The summed E-state index contributed by atoms with van der Waals surface area (Å²) in [5.41, 5.74) is 0. The van der Waals surface area contributed by atoms with Crippen LogP contribution in [0.3, 0.4) is 0 Å². The van der Waals surface area contributed by atoms with Gasteiger partial charge in [0.15, 0.2) is 0 Å². The SMILES string of the molecule is CN1CCN(C(=O)CN2CCCN(N)C2=O)CC1. The Morgan fingerprint density at radius 1 is 1.17 bits per heavy atom. The molecule has 2 aliphatic heterocycles. The smallest absolute Gasteiger partial charge is 0.334 e. The molecule has 0 aromatic carbocycles. The number of hydrogen-bond acceptors (Lipinski definition) is 4. The predicted molar refractivity (Wildman–Crippen MR) is 66.6 cm³/mol. The minimum absolute atomic E-state index is 0.0201. The fourth-order valence-corrected chi connectivity index (χ4v) is 2.27. The molecule has 0 saturated carbocycles. The highest BCUT2D eigenvalue weighted by Crippen LogP contribution is 2.07. The van der Waals surface area contributed by atoms with E-state index in [0.29, 0.717) is 13.1 Å². The summed E-state index contributed by atoms with van der Waals surface area (Å²) < 4.78 is 0. The Labute approximate surface area is 107 Å². The number of likely N-dealkylation sites (N-methyl/N-ethyl adjacent to an activating group) is 1. The summed E-state index contributed by atoms with van der Waals surface area (Å²) in [6, 6.07) is -0.247. The minimum Gasteiger partial charge on any atom is -0.339 e. The number of carbonyl (C=O) groups excluding carboxylic acids is 2. The molecule has 0 aromatic heterocycles. The number of urea groups is 1. The zero-order valence-electron chi connectivity index (χ0n) is 10.8. The van der Waals surface area contributed by atoms with Crippen LogP contribution >= 0.6 is 0 Å². The zero-order chi connectivity index (χ0) is 13.1. The van der Waals surface area contributed by atoms with Crippen molar-refractivity contribution in [2.75, 3.05) is 52.9 Å². The molecule has 0 aliphatic carbocycles. The van der Waals surface area contributed by atoms with Crippen LogP contribution in [0.25, 0.3) is 0 Å². The van der Waals surface area contributed by atoms with Crippen molar-refractivity contribution in [1.29, 1.82) is 0 Å². The van der Waals surface area contributed by atoms with E-state index < -0.39 is 0 Å². The molecule has 102 valence electrons. The van der Waals surface area contributed by atoms with Gasteiger partial charge >= 0.3 is 6.03 Å². The van der Waals surface area contributed by atoms with Gasteiger partial charge in [0.2, 0.25) is 5.91 Å². The van der Waals surface area contributed by atoms with Gasteiger partial charge in [-0.2, -0.15) is 0 Å². The zero-order valence-corrected chi connectivity index (χ0v) is 10.8. The molecular formula is C11H21N5O2. The molecule has 2 aliphatic rings. The Balaban J connectivity index is 1.85. The van der Waals surface area contributed by atoms with E-state index in [9.17, 15) is 9.59 Å². The van der Waals surface area contributed by atoms with Crippen LogP contribution in [0, 0.1) is 0 Å². The van der Waals surface area contributed by atoms with Gasteiger partial charge in [0, 0.05) is 39.3 Å². The maximum atomic E-state index is 12.1. The van der Waals surface area contributed by atoms with Gasteiger partial charge < -0.3 is 14.7 Å². The Morgan fingerprint density at radius 3 is 2.50 bits per heavy atom. The van der Waals surface area contributed by atoms with Gasteiger partial charge in [-0.15, -0.1) is 0 Å². The molecule has 0 spiro atoms. The molecule has 2 N–H and O–H groups in total. The number of nitrogens with zero attached hydrogens (tertiary/aromatic N) is 4. The quantitative estimate of drug-likeness (QED) is 0.495. The van der Waals surface area contributed by atoms with Crippen LogP contribution in [0.2, 0.25) is 0 Å². The van der Waals surface area contributed by atoms with Crippen LogP contribution in [0.5, 0.6) is 0 Å². The van der Waals surface area contributed by atoms with Crippen molar-refractivity contribution >= 4 is 11.9 Å². The van der Waals surface area contributed by atoms with E-state index in [1.807, 2.05) is 11.9 Å². The van der Waals surface area contributed by atoms with Crippen LogP contribution in [0.1, 0.15) is 6.42 Å². The summed E-state index contributed by atoms with van der Waals surface area (Å²) in [6.45, 7) is 4.60. The maximum absolute atomic E-state index is 12.1. The highest BCUT2D eigenvalue weighted by Gasteiger charge is 2.27. The van der Waals surface area contributed by atoms with E-state index in [-0.39, 0.29) is 18.5 Å². The lowest BCUT2D eigenvalue weighted by Gasteiger charge is -2.36. The molecule has 0 radical (unpaired) electrons. The van der Waals surface area contributed by atoms with Gasteiger partial charge in [0.1, 0.15) is 6.54 Å². The van der Waals surface area contributed by atoms with Gasteiger partial charge in [0.05, 0.1) is 0 Å². The number of hydrazine groups is 1. The third-order valence-corrected chi connectivity index (χ3v) is 3.53. The Morgan fingerprint density at radius 2 is 1.83 bits per heavy atom. The largest absolute Gasteiger partial charge is 0.339 e. The molecule has 2 fully saturated rings.